The Morgan fingerprint density at radius 2 is 2.03 bits per heavy atom. The summed E-state index contributed by atoms with van der Waals surface area (Å²) in [6.07, 6.45) is 4.53. The van der Waals surface area contributed by atoms with Crippen LogP contribution in [-0.2, 0) is 17.8 Å². The van der Waals surface area contributed by atoms with E-state index in [0.717, 1.165) is 52.2 Å². The maximum atomic E-state index is 13.2. The molecular formula is C29H32BrNO5. The van der Waals surface area contributed by atoms with Gasteiger partial charge in [0.15, 0.2) is 0 Å². The molecule has 0 bridgehead atoms. The van der Waals surface area contributed by atoms with E-state index in [-0.39, 0.29) is 18.2 Å². The third kappa shape index (κ3) is 4.83. The van der Waals surface area contributed by atoms with Crippen LogP contribution in [0.2, 0.25) is 0 Å². The van der Waals surface area contributed by atoms with Gasteiger partial charge >= 0.3 is 5.63 Å². The number of rotatable bonds is 5. The van der Waals surface area contributed by atoms with Crippen LogP contribution in [-0.4, -0.2) is 34.6 Å². The van der Waals surface area contributed by atoms with Gasteiger partial charge in [-0.15, -0.1) is 0 Å². The Labute approximate surface area is 219 Å². The molecule has 2 aliphatic rings. The normalized spacial score (nSPS) is 21.9. The number of carbonyl (C=O) groups is 1. The molecule has 2 atom stereocenters. The Morgan fingerprint density at radius 1 is 1.19 bits per heavy atom. The van der Waals surface area contributed by atoms with Crippen LogP contribution in [0.5, 0.6) is 5.75 Å². The molecule has 1 aliphatic carbocycles. The zero-order chi connectivity index (χ0) is 25.4. The largest absolute Gasteiger partial charge is 0.488 e. The highest BCUT2D eigenvalue weighted by Crippen LogP contribution is 2.40. The first-order valence-electron chi connectivity index (χ1n) is 12.7. The van der Waals surface area contributed by atoms with Crippen LogP contribution in [0.3, 0.4) is 0 Å². The van der Waals surface area contributed by atoms with E-state index in [2.05, 4.69) is 15.9 Å². The minimum atomic E-state index is -0.638. The summed E-state index contributed by atoms with van der Waals surface area (Å²) in [6, 6.07) is 11.7. The first-order valence-corrected chi connectivity index (χ1v) is 13.5. The number of piperidine rings is 1. The molecule has 1 amide bonds. The quantitative estimate of drug-likeness (QED) is 0.425. The molecule has 2 aromatic carbocycles. The SMILES string of the molecule is Cc1c(CC(=O)N2CCC3(O)CCCCC3C2)c(=O)oc2c(C)c(OCc3cccc(Br)c3)ccc12. The van der Waals surface area contributed by atoms with Crippen LogP contribution < -0.4 is 10.4 Å². The predicted octanol–water partition coefficient (Wildman–Crippen LogP) is 5.45. The van der Waals surface area contributed by atoms with Crippen molar-refractivity contribution in [3.8, 4) is 5.75 Å². The molecule has 2 heterocycles. The van der Waals surface area contributed by atoms with Crippen LogP contribution in [0.15, 0.2) is 50.1 Å². The first kappa shape index (κ1) is 25.0. The summed E-state index contributed by atoms with van der Waals surface area (Å²) >= 11 is 3.47. The number of likely N-dealkylation sites (tertiary alicyclic amines) is 1. The van der Waals surface area contributed by atoms with Gasteiger partial charge in [0.05, 0.1) is 17.6 Å². The molecule has 190 valence electrons. The Kier molecular flexibility index (Phi) is 6.97. The predicted molar refractivity (Wildman–Crippen MR) is 142 cm³/mol. The third-order valence-corrected chi connectivity index (χ3v) is 8.54. The van der Waals surface area contributed by atoms with Gasteiger partial charge in [-0.25, -0.2) is 4.79 Å². The number of nitrogens with zero attached hydrogens (tertiary/aromatic N) is 1. The molecule has 6 nitrogen and oxygen atoms in total. The number of aliphatic hydroxyl groups is 1. The second-order valence-electron chi connectivity index (χ2n) is 10.3. The monoisotopic (exact) mass is 553 g/mol. The van der Waals surface area contributed by atoms with Gasteiger partial charge in [0.25, 0.3) is 0 Å². The van der Waals surface area contributed by atoms with Crippen molar-refractivity contribution < 1.29 is 19.1 Å². The molecule has 1 N–H and O–H groups in total. The van der Waals surface area contributed by atoms with Crippen molar-refractivity contribution >= 4 is 32.8 Å². The van der Waals surface area contributed by atoms with Crippen molar-refractivity contribution in [1.29, 1.82) is 0 Å². The molecule has 2 unspecified atom stereocenters. The van der Waals surface area contributed by atoms with Crippen molar-refractivity contribution in [2.45, 2.75) is 64.6 Å². The molecular weight excluding hydrogens is 522 g/mol. The minimum absolute atomic E-state index is 0.00936. The molecule has 1 saturated carbocycles. The highest BCUT2D eigenvalue weighted by atomic mass is 79.9. The Morgan fingerprint density at radius 3 is 2.83 bits per heavy atom. The summed E-state index contributed by atoms with van der Waals surface area (Å²) in [5, 5.41) is 11.7. The number of hydrogen-bond acceptors (Lipinski definition) is 5. The molecule has 7 heteroatoms. The fourth-order valence-electron chi connectivity index (χ4n) is 5.78. The fourth-order valence-corrected chi connectivity index (χ4v) is 6.23. The average molecular weight is 554 g/mol. The van der Waals surface area contributed by atoms with E-state index >= 15 is 0 Å². The van der Waals surface area contributed by atoms with Gasteiger partial charge in [0.1, 0.15) is 17.9 Å². The molecule has 0 radical (unpaired) electrons. The van der Waals surface area contributed by atoms with Crippen LogP contribution >= 0.6 is 15.9 Å². The van der Waals surface area contributed by atoms with E-state index in [1.165, 1.54) is 0 Å². The molecule has 3 aromatic rings. The zero-order valence-corrected chi connectivity index (χ0v) is 22.4. The highest BCUT2D eigenvalue weighted by molar-refractivity contribution is 9.10. The molecule has 1 aromatic heterocycles. The summed E-state index contributed by atoms with van der Waals surface area (Å²) in [5.41, 5.74) is 2.33. The fraction of sp³-hybridized carbons (Fsp3) is 0.448. The van der Waals surface area contributed by atoms with Crippen LogP contribution in [0.25, 0.3) is 11.0 Å². The highest BCUT2D eigenvalue weighted by Gasteiger charge is 2.43. The number of fused-ring (bicyclic) bond motifs is 2. The second kappa shape index (κ2) is 10.0. The number of hydrogen-bond donors (Lipinski definition) is 1. The van der Waals surface area contributed by atoms with Gasteiger partial charge < -0.3 is 19.2 Å². The summed E-state index contributed by atoms with van der Waals surface area (Å²) in [4.78, 5) is 28.0. The number of halogens is 1. The van der Waals surface area contributed by atoms with Gasteiger partial charge in [-0.05, 0) is 68.5 Å². The Balaban J connectivity index is 1.35. The maximum Gasteiger partial charge on any atom is 0.340 e. The van der Waals surface area contributed by atoms with E-state index in [9.17, 15) is 14.7 Å². The number of aryl methyl sites for hydroxylation is 2. The summed E-state index contributed by atoms with van der Waals surface area (Å²) in [6.45, 7) is 5.24. The maximum absolute atomic E-state index is 13.2. The van der Waals surface area contributed by atoms with Gasteiger partial charge in [0.2, 0.25) is 5.91 Å². The topological polar surface area (TPSA) is 80.0 Å². The number of ether oxygens (including phenoxy) is 1. The van der Waals surface area contributed by atoms with Gasteiger partial charge in [0, 0.05) is 34.4 Å². The molecule has 0 spiro atoms. The smallest absolute Gasteiger partial charge is 0.340 e. The molecule has 5 rings (SSSR count). The summed E-state index contributed by atoms with van der Waals surface area (Å²) < 4.78 is 12.8. The lowest BCUT2D eigenvalue weighted by Crippen LogP contribution is -2.55. The van der Waals surface area contributed by atoms with Crippen molar-refractivity contribution in [3.63, 3.8) is 0 Å². The molecule has 2 fully saturated rings. The van der Waals surface area contributed by atoms with Crippen molar-refractivity contribution in [3.05, 3.63) is 73.5 Å². The first-order chi connectivity index (χ1) is 17.2. The van der Waals surface area contributed by atoms with Crippen LogP contribution in [0.1, 0.15) is 54.4 Å². The minimum Gasteiger partial charge on any atom is -0.488 e. The number of benzene rings is 2. The second-order valence-corrected chi connectivity index (χ2v) is 11.2. The van der Waals surface area contributed by atoms with Crippen molar-refractivity contribution in [1.82, 2.24) is 4.90 Å². The van der Waals surface area contributed by atoms with Gasteiger partial charge in [-0.3, -0.25) is 4.79 Å². The molecule has 1 saturated heterocycles. The number of carbonyl (C=O) groups excluding carboxylic acids is 1. The van der Waals surface area contributed by atoms with E-state index in [4.69, 9.17) is 9.15 Å². The standard InChI is InChI=1S/C29H32BrNO5/c1-18-23-9-10-25(35-17-20-6-5-8-22(30)14-20)19(2)27(23)36-28(33)24(18)15-26(32)31-13-12-29(34)11-4-3-7-21(29)16-31/h5-6,8-10,14,21,34H,3-4,7,11-13,15-17H2,1-2H3. The summed E-state index contributed by atoms with van der Waals surface area (Å²) in [7, 11) is 0. The Bertz CT molecular complexity index is 1370. The number of amides is 1. The lowest BCUT2D eigenvalue weighted by atomic mass is 9.71. The van der Waals surface area contributed by atoms with E-state index in [0.29, 0.717) is 43.0 Å². The summed E-state index contributed by atoms with van der Waals surface area (Å²) in [5.74, 6) is 0.696. The molecule has 1 aliphatic heterocycles. The molecule has 36 heavy (non-hydrogen) atoms. The third-order valence-electron chi connectivity index (χ3n) is 8.05. The lowest BCUT2D eigenvalue weighted by Gasteiger charge is -2.47. The average Bonchev–Trinajstić information content (AvgIpc) is 2.86. The van der Waals surface area contributed by atoms with Crippen molar-refractivity contribution in [2.75, 3.05) is 13.1 Å². The van der Waals surface area contributed by atoms with Crippen molar-refractivity contribution in [2.24, 2.45) is 5.92 Å². The van der Waals surface area contributed by atoms with Crippen LogP contribution in [0.4, 0.5) is 0 Å². The van der Waals surface area contributed by atoms with Gasteiger partial charge in [-0.1, -0.05) is 40.9 Å². The van der Waals surface area contributed by atoms with E-state index in [1.807, 2.05) is 55.1 Å². The van der Waals surface area contributed by atoms with Gasteiger partial charge in [-0.2, -0.15) is 0 Å². The zero-order valence-electron chi connectivity index (χ0n) is 20.8. The lowest BCUT2D eigenvalue weighted by molar-refractivity contribution is -0.142. The van der Waals surface area contributed by atoms with Crippen LogP contribution in [0, 0.1) is 19.8 Å². The van der Waals surface area contributed by atoms with E-state index in [1.54, 1.807) is 0 Å². The van der Waals surface area contributed by atoms with E-state index < -0.39 is 11.2 Å². The Hall–Kier alpha value is -2.64.